The summed E-state index contributed by atoms with van der Waals surface area (Å²) in [5.41, 5.74) is 7.27. The molecule has 1 aromatic carbocycles. The van der Waals surface area contributed by atoms with Gasteiger partial charge >= 0.3 is 5.97 Å². The molecule has 4 heteroatoms. The molecule has 0 unspecified atom stereocenters. The number of carboxylic acids is 1. The van der Waals surface area contributed by atoms with Crippen LogP contribution in [0, 0.1) is 29.6 Å². The van der Waals surface area contributed by atoms with E-state index < -0.39 is 18.0 Å². The minimum absolute atomic E-state index is 0.0962. The largest absolute Gasteiger partial charge is 0.481 e. The van der Waals surface area contributed by atoms with E-state index in [-0.39, 0.29) is 11.8 Å². The zero-order valence-electron chi connectivity index (χ0n) is 24.3. The molecule has 0 heterocycles. The van der Waals surface area contributed by atoms with Gasteiger partial charge in [0.1, 0.15) is 0 Å². The normalized spacial score (nSPS) is 16.1. The maximum Gasteiger partial charge on any atom is 0.309 e. The minimum Gasteiger partial charge on any atom is -0.481 e. The Morgan fingerprint density at radius 2 is 1.62 bits per heavy atom. The van der Waals surface area contributed by atoms with Crippen molar-refractivity contribution in [1.82, 2.24) is 0 Å². The summed E-state index contributed by atoms with van der Waals surface area (Å²) in [6.07, 6.45) is 18.2. The molecule has 0 amide bonds. The van der Waals surface area contributed by atoms with E-state index >= 15 is 0 Å². The summed E-state index contributed by atoms with van der Waals surface area (Å²) in [4.78, 5) is 12.3. The Balaban J connectivity index is 2.94. The Labute approximate surface area is 228 Å². The number of aryl methyl sites for hydroxylation is 1. The Kier molecular flexibility index (Phi) is 18.3. The van der Waals surface area contributed by atoms with Crippen molar-refractivity contribution in [3.8, 4) is 0 Å². The zero-order chi connectivity index (χ0) is 27.5. The van der Waals surface area contributed by atoms with Crippen LogP contribution in [0.4, 0.5) is 0 Å². The van der Waals surface area contributed by atoms with Gasteiger partial charge in [-0.3, -0.25) is 4.79 Å². The summed E-state index contributed by atoms with van der Waals surface area (Å²) in [5, 5.41) is 20.6. The van der Waals surface area contributed by atoms with E-state index in [0.29, 0.717) is 18.4 Å². The van der Waals surface area contributed by atoms with Gasteiger partial charge in [-0.05, 0) is 100 Å². The molecule has 1 rings (SSSR count). The van der Waals surface area contributed by atoms with Gasteiger partial charge in [-0.25, -0.2) is 0 Å². The smallest absolute Gasteiger partial charge is 0.309 e. The fraction of sp³-hybridized carbons (Fsp3) is 0.727. The number of hydrogen-bond donors (Lipinski definition) is 3. The molecule has 0 spiro atoms. The SMILES string of the molecule is CCCCCCC=CC[C@H](CCC(C)C)CC[C@H](CCN)[C@H](CCc1ccccc1)[C@H](C(=O)O)[C@H](C)O. The highest BCUT2D eigenvalue weighted by atomic mass is 16.4. The number of hydrogen-bond acceptors (Lipinski definition) is 3. The number of carbonyl (C=O) groups is 1. The maximum absolute atomic E-state index is 12.3. The summed E-state index contributed by atoms with van der Waals surface area (Å²) in [5.74, 6) is -0.260. The lowest BCUT2D eigenvalue weighted by Crippen LogP contribution is -2.38. The van der Waals surface area contributed by atoms with E-state index in [9.17, 15) is 15.0 Å². The number of nitrogens with two attached hydrogens (primary N) is 1. The number of benzene rings is 1. The number of aliphatic hydroxyl groups is 1. The predicted octanol–water partition coefficient (Wildman–Crippen LogP) is 8.03. The first-order valence-corrected chi connectivity index (χ1v) is 15.1. The maximum atomic E-state index is 12.3. The second-order valence-electron chi connectivity index (χ2n) is 11.6. The van der Waals surface area contributed by atoms with Crippen molar-refractivity contribution in [1.29, 1.82) is 0 Å². The lowest BCUT2D eigenvalue weighted by Gasteiger charge is -2.34. The molecule has 0 aliphatic rings. The summed E-state index contributed by atoms with van der Waals surface area (Å²) in [6.45, 7) is 9.01. The van der Waals surface area contributed by atoms with Crippen LogP contribution in [0.5, 0.6) is 0 Å². The summed E-state index contributed by atoms with van der Waals surface area (Å²) >= 11 is 0. The minimum atomic E-state index is -0.891. The number of aliphatic carboxylic acids is 1. The molecule has 4 nitrogen and oxygen atoms in total. The number of rotatable bonds is 22. The molecule has 0 saturated carbocycles. The van der Waals surface area contributed by atoms with Crippen LogP contribution in [0.15, 0.2) is 42.5 Å². The molecule has 0 aliphatic heterocycles. The third-order valence-electron chi connectivity index (χ3n) is 7.98. The Morgan fingerprint density at radius 3 is 2.22 bits per heavy atom. The Bertz CT molecular complexity index is 716. The summed E-state index contributed by atoms with van der Waals surface area (Å²) < 4.78 is 0. The van der Waals surface area contributed by atoms with Crippen LogP contribution in [0.25, 0.3) is 0 Å². The van der Waals surface area contributed by atoms with E-state index in [1.807, 2.05) is 18.2 Å². The van der Waals surface area contributed by atoms with E-state index in [0.717, 1.165) is 38.5 Å². The highest BCUT2D eigenvalue weighted by Crippen LogP contribution is 2.36. The van der Waals surface area contributed by atoms with Crippen LogP contribution in [0.2, 0.25) is 0 Å². The van der Waals surface area contributed by atoms with Gasteiger partial charge in [0, 0.05) is 0 Å². The van der Waals surface area contributed by atoms with Crippen molar-refractivity contribution >= 4 is 5.97 Å². The van der Waals surface area contributed by atoms with Crippen LogP contribution in [-0.4, -0.2) is 28.8 Å². The molecular formula is C33H57NO3. The van der Waals surface area contributed by atoms with E-state index in [4.69, 9.17) is 5.73 Å². The fourth-order valence-corrected chi connectivity index (χ4v) is 5.71. The molecule has 0 saturated heterocycles. The van der Waals surface area contributed by atoms with Gasteiger partial charge in [0.25, 0.3) is 0 Å². The molecule has 37 heavy (non-hydrogen) atoms. The van der Waals surface area contributed by atoms with Crippen LogP contribution < -0.4 is 5.73 Å². The number of unbranched alkanes of at least 4 members (excludes halogenated alkanes) is 4. The number of carboxylic acid groups (broad SMARTS) is 1. The first-order valence-electron chi connectivity index (χ1n) is 15.1. The monoisotopic (exact) mass is 515 g/mol. The van der Waals surface area contributed by atoms with Crippen molar-refractivity contribution in [3.05, 3.63) is 48.0 Å². The molecule has 0 radical (unpaired) electrons. The lowest BCUT2D eigenvalue weighted by atomic mass is 9.71. The van der Waals surface area contributed by atoms with Crippen LogP contribution in [0.3, 0.4) is 0 Å². The first-order chi connectivity index (χ1) is 17.8. The molecular weight excluding hydrogens is 458 g/mol. The Hall–Kier alpha value is -1.65. The molecule has 0 aliphatic carbocycles. The van der Waals surface area contributed by atoms with Gasteiger partial charge in [-0.1, -0.05) is 88.9 Å². The average Bonchev–Trinajstić information content (AvgIpc) is 2.86. The van der Waals surface area contributed by atoms with Crippen molar-refractivity contribution in [2.24, 2.45) is 35.3 Å². The standard InChI is InChI=1S/C33H57NO3/c1-5-6-7-8-9-10-12-17-29(19-18-26(2)3)20-22-30(24-25-34)31(32(27(4)35)33(36)37)23-21-28-15-13-11-14-16-28/h10-16,26-27,29-32,35H,5-9,17-25,34H2,1-4H3,(H,36,37)/t27-,29+,30+,31-,32+/m0/s1. The molecule has 212 valence electrons. The third kappa shape index (κ3) is 14.8. The predicted molar refractivity (Wildman–Crippen MR) is 158 cm³/mol. The fourth-order valence-electron chi connectivity index (χ4n) is 5.71. The lowest BCUT2D eigenvalue weighted by molar-refractivity contribution is -0.149. The van der Waals surface area contributed by atoms with Crippen molar-refractivity contribution < 1.29 is 15.0 Å². The number of allylic oxidation sites excluding steroid dienone is 2. The van der Waals surface area contributed by atoms with Crippen molar-refractivity contribution in [3.63, 3.8) is 0 Å². The molecule has 5 atom stereocenters. The molecule has 0 fully saturated rings. The molecule has 1 aromatic rings. The first kappa shape index (κ1) is 33.4. The highest BCUT2D eigenvalue weighted by Gasteiger charge is 2.37. The second kappa shape index (κ2) is 20.3. The summed E-state index contributed by atoms with van der Waals surface area (Å²) in [6, 6.07) is 10.3. The van der Waals surface area contributed by atoms with Crippen molar-refractivity contribution in [2.75, 3.05) is 6.54 Å². The van der Waals surface area contributed by atoms with E-state index in [1.54, 1.807) is 6.92 Å². The van der Waals surface area contributed by atoms with Gasteiger partial charge in [-0.2, -0.15) is 0 Å². The molecule has 0 bridgehead atoms. The van der Waals surface area contributed by atoms with Gasteiger partial charge in [0.15, 0.2) is 0 Å². The van der Waals surface area contributed by atoms with Gasteiger partial charge in [0.2, 0.25) is 0 Å². The summed E-state index contributed by atoms with van der Waals surface area (Å²) in [7, 11) is 0. The molecule has 4 N–H and O–H groups in total. The second-order valence-corrected chi connectivity index (χ2v) is 11.6. The van der Waals surface area contributed by atoms with Crippen LogP contribution >= 0.6 is 0 Å². The Morgan fingerprint density at radius 1 is 0.919 bits per heavy atom. The van der Waals surface area contributed by atoms with Crippen molar-refractivity contribution in [2.45, 2.75) is 117 Å². The number of aliphatic hydroxyl groups excluding tert-OH is 1. The van der Waals surface area contributed by atoms with Crippen LogP contribution in [-0.2, 0) is 11.2 Å². The van der Waals surface area contributed by atoms with Gasteiger partial charge in [-0.15, -0.1) is 0 Å². The third-order valence-corrected chi connectivity index (χ3v) is 7.98. The van der Waals surface area contributed by atoms with E-state index in [2.05, 4.69) is 45.1 Å². The van der Waals surface area contributed by atoms with Crippen LogP contribution in [0.1, 0.15) is 110 Å². The zero-order valence-corrected chi connectivity index (χ0v) is 24.3. The van der Waals surface area contributed by atoms with Gasteiger partial charge in [0.05, 0.1) is 12.0 Å². The highest BCUT2D eigenvalue weighted by molar-refractivity contribution is 5.71. The molecule has 0 aromatic heterocycles. The van der Waals surface area contributed by atoms with Gasteiger partial charge < -0.3 is 15.9 Å². The quantitative estimate of drug-likeness (QED) is 0.108. The van der Waals surface area contributed by atoms with E-state index in [1.165, 1.54) is 50.5 Å². The topological polar surface area (TPSA) is 83.6 Å². The average molecular weight is 516 g/mol.